The third kappa shape index (κ3) is 3.83. The van der Waals surface area contributed by atoms with E-state index in [0.29, 0.717) is 13.1 Å². The van der Waals surface area contributed by atoms with Crippen LogP contribution in [0.3, 0.4) is 0 Å². The minimum absolute atomic E-state index is 0.0310. The lowest BCUT2D eigenvalue weighted by Crippen LogP contribution is -2.51. The Morgan fingerprint density at radius 1 is 1.21 bits per heavy atom. The van der Waals surface area contributed by atoms with E-state index >= 15 is 0 Å². The molecular formula is C16H22N6O2. The zero-order chi connectivity index (χ0) is 16.9. The first-order valence-electron chi connectivity index (χ1n) is 8.05. The van der Waals surface area contributed by atoms with Crippen molar-refractivity contribution < 1.29 is 9.59 Å². The summed E-state index contributed by atoms with van der Waals surface area (Å²) in [4.78, 5) is 35.1. The summed E-state index contributed by atoms with van der Waals surface area (Å²) in [5, 5.41) is 4.95. The fourth-order valence-corrected chi connectivity index (χ4v) is 2.80. The van der Waals surface area contributed by atoms with Gasteiger partial charge in [-0.2, -0.15) is 0 Å². The standard InChI is InChI=1S/C16H22N6O2/c1-17-16(24)18-10-15(23)22-8-6-21(7-9-22)11-14-19-12-4-2-3-5-13(12)20-14/h2-5H,6-11H2,1H3,(H,19,20)(H2,17,18,24). The molecule has 1 saturated heterocycles. The van der Waals surface area contributed by atoms with Gasteiger partial charge in [-0.1, -0.05) is 12.1 Å². The Morgan fingerprint density at radius 2 is 1.96 bits per heavy atom. The Hall–Kier alpha value is -2.61. The maximum absolute atomic E-state index is 12.0. The van der Waals surface area contributed by atoms with Crippen molar-refractivity contribution >= 4 is 23.0 Å². The Balaban J connectivity index is 1.48. The van der Waals surface area contributed by atoms with Crippen LogP contribution in [-0.4, -0.2) is 71.5 Å². The number of aromatic amines is 1. The summed E-state index contributed by atoms with van der Waals surface area (Å²) in [5.74, 6) is 0.888. The van der Waals surface area contributed by atoms with Crippen LogP contribution in [0, 0.1) is 0 Å². The van der Waals surface area contributed by atoms with E-state index in [1.54, 1.807) is 4.90 Å². The zero-order valence-corrected chi connectivity index (χ0v) is 13.7. The number of rotatable bonds is 4. The molecule has 1 aromatic heterocycles. The van der Waals surface area contributed by atoms with Crippen molar-refractivity contribution in [2.45, 2.75) is 6.54 Å². The molecule has 1 aromatic carbocycles. The van der Waals surface area contributed by atoms with Gasteiger partial charge in [-0.25, -0.2) is 9.78 Å². The third-order valence-electron chi connectivity index (χ3n) is 4.16. The summed E-state index contributed by atoms with van der Waals surface area (Å²) in [5.41, 5.74) is 2.02. The number of nitrogens with one attached hydrogen (secondary N) is 3. The number of piperazine rings is 1. The average molecular weight is 330 g/mol. The van der Waals surface area contributed by atoms with Crippen LogP contribution in [0.1, 0.15) is 5.82 Å². The van der Waals surface area contributed by atoms with E-state index in [2.05, 4.69) is 25.5 Å². The van der Waals surface area contributed by atoms with Gasteiger partial charge in [0, 0.05) is 33.2 Å². The van der Waals surface area contributed by atoms with Crippen molar-refractivity contribution in [1.82, 2.24) is 30.4 Å². The molecule has 8 nitrogen and oxygen atoms in total. The highest BCUT2D eigenvalue weighted by molar-refractivity contribution is 5.83. The number of para-hydroxylation sites is 2. The molecule has 0 bridgehead atoms. The number of carbonyl (C=O) groups excluding carboxylic acids is 2. The molecule has 0 aliphatic carbocycles. The summed E-state index contributed by atoms with van der Waals surface area (Å²) in [6.07, 6.45) is 0. The first-order chi connectivity index (χ1) is 11.7. The van der Waals surface area contributed by atoms with Gasteiger partial charge in [0.1, 0.15) is 5.82 Å². The van der Waals surface area contributed by atoms with Gasteiger partial charge in [-0.05, 0) is 12.1 Å². The van der Waals surface area contributed by atoms with E-state index < -0.39 is 0 Å². The van der Waals surface area contributed by atoms with Crippen LogP contribution >= 0.6 is 0 Å². The van der Waals surface area contributed by atoms with Gasteiger partial charge in [-0.3, -0.25) is 9.69 Å². The molecule has 1 aliphatic rings. The van der Waals surface area contributed by atoms with Gasteiger partial charge in [-0.15, -0.1) is 0 Å². The van der Waals surface area contributed by atoms with Crippen LogP contribution in [0.2, 0.25) is 0 Å². The number of urea groups is 1. The first-order valence-corrected chi connectivity index (χ1v) is 8.05. The monoisotopic (exact) mass is 330 g/mol. The van der Waals surface area contributed by atoms with E-state index in [-0.39, 0.29) is 18.5 Å². The SMILES string of the molecule is CNC(=O)NCC(=O)N1CCN(Cc2nc3ccccc3[nH]2)CC1. The second-order valence-electron chi connectivity index (χ2n) is 5.79. The van der Waals surface area contributed by atoms with Gasteiger partial charge in [0.25, 0.3) is 0 Å². The molecule has 8 heteroatoms. The van der Waals surface area contributed by atoms with Crippen molar-refractivity contribution in [2.75, 3.05) is 39.8 Å². The molecule has 2 aromatic rings. The third-order valence-corrected chi connectivity index (χ3v) is 4.16. The van der Waals surface area contributed by atoms with Crippen molar-refractivity contribution in [2.24, 2.45) is 0 Å². The van der Waals surface area contributed by atoms with Gasteiger partial charge < -0.3 is 20.5 Å². The fourth-order valence-electron chi connectivity index (χ4n) is 2.80. The molecule has 3 N–H and O–H groups in total. The number of nitrogens with zero attached hydrogens (tertiary/aromatic N) is 3. The van der Waals surface area contributed by atoms with E-state index in [1.165, 1.54) is 7.05 Å². The molecular weight excluding hydrogens is 308 g/mol. The second-order valence-corrected chi connectivity index (χ2v) is 5.79. The van der Waals surface area contributed by atoms with Crippen LogP contribution < -0.4 is 10.6 Å². The summed E-state index contributed by atoms with van der Waals surface area (Å²) >= 11 is 0. The summed E-state index contributed by atoms with van der Waals surface area (Å²) in [7, 11) is 1.52. The number of imidazole rings is 1. The van der Waals surface area contributed by atoms with Crippen LogP contribution in [0.5, 0.6) is 0 Å². The number of amides is 3. The Labute approximate surface area is 140 Å². The van der Waals surface area contributed by atoms with Crippen LogP contribution in [-0.2, 0) is 11.3 Å². The summed E-state index contributed by atoms with van der Waals surface area (Å²) in [6.45, 7) is 3.69. The van der Waals surface area contributed by atoms with Crippen molar-refractivity contribution in [3.63, 3.8) is 0 Å². The number of hydrogen-bond acceptors (Lipinski definition) is 4. The lowest BCUT2D eigenvalue weighted by atomic mass is 10.3. The Kier molecular flexibility index (Phi) is 4.95. The quantitative estimate of drug-likeness (QED) is 0.743. The highest BCUT2D eigenvalue weighted by atomic mass is 16.2. The van der Waals surface area contributed by atoms with Crippen LogP contribution in [0.25, 0.3) is 11.0 Å². The number of H-pyrrole nitrogens is 1. The van der Waals surface area contributed by atoms with E-state index in [1.807, 2.05) is 24.3 Å². The molecule has 24 heavy (non-hydrogen) atoms. The van der Waals surface area contributed by atoms with E-state index in [0.717, 1.165) is 36.5 Å². The van der Waals surface area contributed by atoms with Crippen LogP contribution in [0.15, 0.2) is 24.3 Å². The molecule has 0 unspecified atom stereocenters. The second kappa shape index (κ2) is 7.31. The molecule has 1 aliphatic heterocycles. The predicted molar refractivity (Wildman–Crippen MR) is 90.4 cm³/mol. The zero-order valence-electron chi connectivity index (χ0n) is 13.7. The molecule has 0 spiro atoms. The number of hydrogen-bond donors (Lipinski definition) is 3. The van der Waals surface area contributed by atoms with Gasteiger partial charge >= 0.3 is 6.03 Å². The highest BCUT2D eigenvalue weighted by Crippen LogP contribution is 2.12. The molecule has 2 heterocycles. The molecule has 3 rings (SSSR count). The maximum atomic E-state index is 12.0. The molecule has 1 fully saturated rings. The smallest absolute Gasteiger partial charge is 0.314 e. The summed E-state index contributed by atoms with van der Waals surface area (Å²) in [6, 6.07) is 7.63. The predicted octanol–water partition coefficient (Wildman–Crippen LogP) is 0.136. The van der Waals surface area contributed by atoms with Gasteiger partial charge in [0.15, 0.2) is 0 Å². The van der Waals surface area contributed by atoms with Gasteiger partial charge in [0.2, 0.25) is 5.91 Å². The molecule has 128 valence electrons. The lowest BCUT2D eigenvalue weighted by molar-refractivity contribution is -0.131. The fraction of sp³-hybridized carbons (Fsp3) is 0.438. The highest BCUT2D eigenvalue weighted by Gasteiger charge is 2.21. The molecule has 0 atom stereocenters. The number of fused-ring (bicyclic) bond motifs is 1. The molecule has 3 amide bonds. The molecule has 0 saturated carbocycles. The Bertz CT molecular complexity index is 687. The minimum atomic E-state index is -0.341. The topological polar surface area (TPSA) is 93.4 Å². The van der Waals surface area contributed by atoms with Crippen LogP contribution in [0.4, 0.5) is 4.79 Å². The van der Waals surface area contributed by atoms with Gasteiger partial charge in [0.05, 0.1) is 24.1 Å². The lowest BCUT2D eigenvalue weighted by Gasteiger charge is -2.34. The first kappa shape index (κ1) is 16.3. The average Bonchev–Trinajstić information content (AvgIpc) is 3.02. The molecule has 0 radical (unpaired) electrons. The normalized spacial score (nSPS) is 15.5. The van der Waals surface area contributed by atoms with E-state index in [9.17, 15) is 9.59 Å². The van der Waals surface area contributed by atoms with E-state index in [4.69, 9.17) is 0 Å². The maximum Gasteiger partial charge on any atom is 0.314 e. The summed E-state index contributed by atoms with van der Waals surface area (Å²) < 4.78 is 0. The Morgan fingerprint density at radius 3 is 2.67 bits per heavy atom. The van der Waals surface area contributed by atoms with Crippen molar-refractivity contribution in [3.8, 4) is 0 Å². The number of benzene rings is 1. The number of aromatic nitrogens is 2. The number of carbonyl (C=O) groups is 2. The van der Waals surface area contributed by atoms with Crippen molar-refractivity contribution in [1.29, 1.82) is 0 Å². The minimum Gasteiger partial charge on any atom is -0.341 e. The van der Waals surface area contributed by atoms with Crippen molar-refractivity contribution in [3.05, 3.63) is 30.1 Å². The largest absolute Gasteiger partial charge is 0.341 e.